The number of hydrogen-bond acceptors (Lipinski definition) is 4. The van der Waals surface area contributed by atoms with Crippen molar-refractivity contribution in [3.63, 3.8) is 0 Å². The van der Waals surface area contributed by atoms with Crippen molar-refractivity contribution in [1.29, 1.82) is 0 Å². The van der Waals surface area contributed by atoms with Crippen molar-refractivity contribution in [2.75, 3.05) is 6.61 Å². The fourth-order valence-electron chi connectivity index (χ4n) is 0.386. The van der Waals surface area contributed by atoms with Gasteiger partial charge in [-0.3, -0.25) is 4.18 Å². The van der Waals surface area contributed by atoms with Crippen molar-refractivity contribution in [2.45, 2.75) is 20.3 Å². The Labute approximate surface area is 95.0 Å². The quantitative estimate of drug-likeness (QED) is 0.274. The Bertz CT molecular complexity index is 176. The molecule has 0 aromatic heterocycles. The van der Waals surface area contributed by atoms with Crippen molar-refractivity contribution < 1.29 is 52.2 Å². The summed E-state index contributed by atoms with van der Waals surface area (Å²) in [5.41, 5.74) is 0. The van der Waals surface area contributed by atoms with Gasteiger partial charge in [0.25, 0.3) is 0 Å². The molecule has 0 saturated carbocycles. The molecule has 0 unspecified atom stereocenters. The van der Waals surface area contributed by atoms with Gasteiger partial charge in [-0.1, -0.05) is 13.8 Å². The summed E-state index contributed by atoms with van der Waals surface area (Å²) in [6, 6.07) is 0. The molecule has 2 N–H and O–H groups in total. The molecule has 0 atom stereocenters. The second-order valence-electron chi connectivity index (χ2n) is 2.41. The van der Waals surface area contributed by atoms with Crippen LogP contribution in [0, 0.1) is 5.92 Å². The molecule has 0 amide bonds. The van der Waals surface area contributed by atoms with Crippen LogP contribution in [-0.4, -0.2) is 25.1 Å². The summed E-state index contributed by atoms with van der Waals surface area (Å²) in [6.07, 6.45) is 0.585. The van der Waals surface area contributed by atoms with Gasteiger partial charge in [0.1, 0.15) is 0 Å². The number of rotatable bonds is 4. The van der Waals surface area contributed by atoms with Crippen LogP contribution < -0.4 is 29.6 Å². The fourth-order valence-corrected chi connectivity index (χ4v) is 0.686. The van der Waals surface area contributed by atoms with Gasteiger partial charge in [0.05, 0.1) is 6.61 Å². The van der Waals surface area contributed by atoms with Crippen LogP contribution in [0.1, 0.15) is 20.3 Å². The molecule has 0 bridgehead atoms. The third-order valence-electron chi connectivity index (χ3n) is 0.923. The smallest absolute Gasteiger partial charge is 0.726 e. The molecule has 0 saturated heterocycles. The first kappa shape index (κ1) is 18.6. The zero-order valence-electron chi connectivity index (χ0n) is 7.53. The Morgan fingerprint density at radius 1 is 1.42 bits per heavy atom. The van der Waals surface area contributed by atoms with E-state index in [1.807, 2.05) is 13.8 Å². The molecule has 7 heteroatoms. The monoisotopic (exact) mass is 208 g/mol. The van der Waals surface area contributed by atoms with Gasteiger partial charge in [0, 0.05) is 0 Å². The average Bonchev–Trinajstić information content (AvgIpc) is 1.59. The van der Waals surface area contributed by atoms with Crippen molar-refractivity contribution in [3.05, 3.63) is 0 Å². The van der Waals surface area contributed by atoms with E-state index in [2.05, 4.69) is 4.18 Å². The molecule has 0 spiro atoms. The Hall–Kier alpha value is 0.830. The standard InChI is InChI=1S/C5H12O4S.Na.H2O/c1-5(2)3-4-9-10(6,7)8;;/h5H,3-4H2,1-2H3,(H,6,7,8);;1H2/q;+1;/p-1. The third kappa shape index (κ3) is 17.1. The molecule has 0 heterocycles. The Morgan fingerprint density at radius 3 is 2.08 bits per heavy atom. The molecule has 0 radical (unpaired) electrons. The largest absolute Gasteiger partial charge is 1.00 e. The zero-order chi connectivity index (χ0) is 8.20. The molecule has 70 valence electrons. The van der Waals surface area contributed by atoms with Gasteiger partial charge in [-0.25, -0.2) is 8.42 Å². The second-order valence-corrected chi connectivity index (χ2v) is 3.46. The van der Waals surface area contributed by atoms with Gasteiger partial charge in [0.2, 0.25) is 10.4 Å². The van der Waals surface area contributed by atoms with Crippen LogP contribution in [0.15, 0.2) is 0 Å². The maximum atomic E-state index is 9.83. The van der Waals surface area contributed by atoms with E-state index in [-0.39, 0.29) is 41.6 Å². The Morgan fingerprint density at radius 2 is 1.83 bits per heavy atom. The normalized spacial score (nSPS) is 10.3. The molecule has 0 aromatic rings. The van der Waals surface area contributed by atoms with Gasteiger partial charge < -0.3 is 10.0 Å². The molecule has 0 aliphatic carbocycles. The van der Waals surface area contributed by atoms with Gasteiger partial charge in [0.15, 0.2) is 0 Å². The molecular weight excluding hydrogens is 195 g/mol. The van der Waals surface area contributed by atoms with Crippen molar-refractivity contribution in [2.24, 2.45) is 5.92 Å². The van der Waals surface area contributed by atoms with Gasteiger partial charge >= 0.3 is 29.6 Å². The molecule has 5 nitrogen and oxygen atoms in total. The van der Waals surface area contributed by atoms with Crippen LogP contribution in [0.2, 0.25) is 0 Å². The van der Waals surface area contributed by atoms with E-state index in [4.69, 9.17) is 0 Å². The number of hydrogen-bond donors (Lipinski definition) is 0. The molecule has 0 fully saturated rings. The predicted molar refractivity (Wildman–Crippen MR) is 38.7 cm³/mol. The van der Waals surface area contributed by atoms with E-state index in [1.54, 1.807) is 0 Å². The molecule has 0 rings (SSSR count). The van der Waals surface area contributed by atoms with Crippen LogP contribution in [0.25, 0.3) is 0 Å². The molecule has 12 heavy (non-hydrogen) atoms. The van der Waals surface area contributed by atoms with Crippen molar-refractivity contribution in [1.82, 2.24) is 0 Å². The maximum absolute atomic E-state index is 9.83. The maximum Gasteiger partial charge on any atom is 1.00 e. The topological polar surface area (TPSA) is 97.9 Å². The Balaban J connectivity index is -0.000000405. The molecule has 0 aliphatic rings. The van der Waals surface area contributed by atoms with Crippen LogP contribution in [-0.2, 0) is 14.6 Å². The molecule has 0 aromatic carbocycles. The summed E-state index contributed by atoms with van der Waals surface area (Å²) in [5, 5.41) is 0. The van der Waals surface area contributed by atoms with Gasteiger partial charge in [-0.05, 0) is 12.3 Å². The minimum absolute atomic E-state index is 0. The predicted octanol–water partition coefficient (Wildman–Crippen LogP) is -3.31. The fraction of sp³-hybridized carbons (Fsp3) is 1.00. The van der Waals surface area contributed by atoms with E-state index in [0.29, 0.717) is 12.3 Å². The minimum atomic E-state index is -4.47. The SMILES string of the molecule is CC(C)CCOS(=O)(=O)[O-].O.[Na+]. The first-order chi connectivity index (χ1) is 4.42. The first-order valence-electron chi connectivity index (χ1n) is 3.02. The van der Waals surface area contributed by atoms with Crippen LogP contribution in [0.4, 0.5) is 0 Å². The zero-order valence-corrected chi connectivity index (χ0v) is 10.3. The van der Waals surface area contributed by atoms with Crippen molar-refractivity contribution >= 4 is 10.4 Å². The molecular formula is C5H13NaO5S. The van der Waals surface area contributed by atoms with E-state index in [1.165, 1.54) is 0 Å². The van der Waals surface area contributed by atoms with Gasteiger partial charge in [-0.15, -0.1) is 0 Å². The summed E-state index contributed by atoms with van der Waals surface area (Å²) in [7, 11) is -4.47. The summed E-state index contributed by atoms with van der Waals surface area (Å²) < 4.78 is 33.5. The van der Waals surface area contributed by atoms with Crippen LogP contribution >= 0.6 is 0 Å². The third-order valence-corrected chi connectivity index (χ3v) is 1.38. The van der Waals surface area contributed by atoms with Crippen molar-refractivity contribution in [3.8, 4) is 0 Å². The first-order valence-corrected chi connectivity index (χ1v) is 4.35. The Kier molecular flexibility index (Phi) is 13.1. The summed E-state index contributed by atoms with van der Waals surface area (Å²) in [4.78, 5) is 0. The summed E-state index contributed by atoms with van der Waals surface area (Å²) >= 11 is 0. The second kappa shape index (κ2) is 8.43. The minimum Gasteiger partial charge on any atom is -0.726 e. The average molecular weight is 208 g/mol. The summed E-state index contributed by atoms with van der Waals surface area (Å²) in [5.74, 6) is 0.349. The molecule has 0 aliphatic heterocycles. The van der Waals surface area contributed by atoms with Crippen LogP contribution in [0.3, 0.4) is 0 Å². The van der Waals surface area contributed by atoms with E-state index in [0.717, 1.165) is 0 Å². The van der Waals surface area contributed by atoms with Gasteiger partial charge in [-0.2, -0.15) is 0 Å². The van der Waals surface area contributed by atoms with E-state index < -0.39 is 10.4 Å². The van der Waals surface area contributed by atoms with Crippen LogP contribution in [0.5, 0.6) is 0 Å². The van der Waals surface area contributed by atoms with E-state index in [9.17, 15) is 13.0 Å². The summed E-state index contributed by atoms with van der Waals surface area (Å²) in [6.45, 7) is 3.82. The van der Waals surface area contributed by atoms with E-state index >= 15 is 0 Å².